The number of nitrogens with one attached hydrogen (secondary N) is 1. The van der Waals surface area contributed by atoms with Crippen molar-refractivity contribution in [2.75, 3.05) is 25.0 Å². The monoisotopic (exact) mass is 443 g/mol. The van der Waals surface area contributed by atoms with E-state index in [1.807, 2.05) is 53.4 Å². The molecule has 2 bridgehead atoms. The van der Waals surface area contributed by atoms with Crippen molar-refractivity contribution < 1.29 is 14.3 Å². The fourth-order valence-corrected chi connectivity index (χ4v) is 4.86. The maximum atomic E-state index is 12.9. The largest absolute Gasteiger partial charge is 0.484 e. The highest BCUT2D eigenvalue weighted by atomic mass is 16.5. The third-order valence-corrected chi connectivity index (χ3v) is 6.33. The smallest absolute Gasteiger partial charge is 0.260 e. The number of benzene rings is 2. The van der Waals surface area contributed by atoms with Crippen LogP contribution in [0.5, 0.6) is 5.75 Å². The third kappa shape index (κ3) is 4.39. The molecule has 1 saturated heterocycles. The molecule has 2 aliphatic heterocycles. The third-order valence-electron chi connectivity index (χ3n) is 6.33. The number of hydrogen-bond acceptors (Lipinski definition) is 4. The first-order valence-electron chi connectivity index (χ1n) is 11.1. The topological polar surface area (TPSA) is 80.6 Å². The van der Waals surface area contributed by atoms with Gasteiger partial charge in [-0.05, 0) is 42.7 Å². The molecular formula is C26H25N3O4. The summed E-state index contributed by atoms with van der Waals surface area (Å²) in [4.78, 5) is 40.1. The maximum Gasteiger partial charge on any atom is 0.260 e. The molecule has 7 heteroatoms. The highest BCUT2D eigenvalue weighted by molar-refractivity contribution is 6.04. The maximum absolute atomic E-state index is 12.9. The van der Waals surface area contributed by atoms with Gasteiger partial charge in [-0.3, -0.25) is 14.4 Å². The van der Waals surface area contributed by atoms with Crippen LogP contribution in [0, 0.1) is 5.92 Å². The normalized spacial score (nSPS) is 18.8. The number of para-hydroxylation sites is 1. The highest BCUT2D eigenvalue weighted by Crippen LogP contribution is 2.38. The van der Waals surface area contributed by atoms with E-state index in [-0.39, 0.29) is 35.8 Å². The molecule has 3 aromatic rings. The van der Waals surface area contributed by atoms with E-state index >= 15 is 0 Å². The van der Waals surface area contributed by atoms with Crippen LogP contribution in [0.3, 0.4) is 0 Å². The van der Waals surface area contributed by atoms with Crippen molar-refractivity contribution in [1.29, 1.82) is 0 Å². The van der Waals surface area contributed by atoms with E-state index in [2.05, 4.69) is 5.32 Å². The summed E-state index contributed by atoms with van der Waals surface area (Å²) >= 11 is 0. The minimum Gasteiger partial charge on any atom is -0.484 e. The van der Waals surface area contributed by atoms with E-state index in [0.29, 0.717) is 36.6 Å². The number of likely N-dealkylation sites (tertiary alicyclic amines) is 1. The van der Waals surface area contributed by atoms with Crippen LogP contribution in [0.2, 0.25) is 0 Å². The predicted molar refractivity (Wildman–Crippen MR) is 124 cm³/mol. The van der Waals surface area contributed by atoms with E-state index in [1.54, 1.807) is 22.8 Å². The van der Waals surface area contributed by atoms with Crippen LogP contribution in [0.4, 0.5) is 5.69 Å². The van der Waals surface area contributed by atoms with Crippen molar-refractivity contribution in [3.05, 3.63) is 94.4 Å². The number of ether oxygens (including phenoxy) is 1. The number of amides is 2. The molecule has 3 heterocycles. The van der Waals surface area contributed by atoms with Crippen molar-refractivity contribution in [2.24, 2.45) is 5.92 Å². The number of aromatic nitrogens is 1. The van der Waals surface area contributed by atoms with Gasteiger partial charge >= 0.3 is 0 Å². The predicted octanol–water partition coefficient (Wildman–Crippen LogP) is 3.13. The van der Waals surface area contributed by atoms with Gasteiger partial charge in [-0.2, -0.15) is 0 Å². The molecule has 1 fully saturated rings. The van der Waals surface area contributed by atoms with Gasteiger partial charge in [0.1, 0.15) is 5.75 Å². The lowest BCUT2D eigenvalue weighted by atomic mass is 9.82. The summed E-state index contributed by atoms with van der Waals surface area (Å²) in [6.07, 6.45) is 0.876. The number of hydrogen-bond donors (Lipinski definition) is 1. The van der Waals surface area contributed by atoms with Crippen molar-refractivity contribution >= 4 is 17.5 Å². The zero-order valence-corrected chi connectivity index (χ0v) is 18.1. The summed E-state index contributed by atoms with van der Waals surface area (Å²) in [6.45, 7) is 1.59. The van der Waals surface area contributed by atoms with Crippen molar-refractivity contribution in [1.82, 2.24) is 9.47 Å². The summed E-state index contributed by atoms with van der Waals surface area (Å²) < 4.78 is 7.42. The molecular weight excluding hydrogens is 418 g/mol. The van der Waals surface area contributed by atoms with Crippen LogP contribution in [0.25, 0.3) is 0 Å². The lowest BCUT2D eigenvalue weighted by Crippen LogP contribution is -2.50. The van der Waals surface area contributed by atoms with Crippen LogP contribution in [0.1, 0.15) is 28.4 Å². The van der Waals surface area contributed by atoms with Gasteiger partial charge in [0.15, 0.2) is 6.61 Å². The molecule has 168 valence electrons. The molecule has 2 atom stereocenters. The van der Waals surface area contributed by atoms with Crippen LogP contribution in [0.15, 0.2) is 77.6 Å². The average Bonchev–Trinajstić information content (AvgIpc) is 2.85. The number of pyridine rings is 1. The van der Waals surface area contributed by atoms with Gasteiger partial charge in [-0.25, -0.2) is 0 Å². The Balaban J connectivity index is 1.36. The summed E-state index contributed by atoms with van der Waals surface area (Å²) in [7, 11) is 0. The van der Waals surface area contributed by atoms with Crippen LogP contribution < -0.4 is 15.6 Å². The molecule has 1 N–H and O–H groups in total. The van der Waals surface area contributed by atoms with E-state index in [1.165, 1.54) is 6.07 Å². The van der Waals surface area contributed by atoms with Crippen molar-refractivity contribution in [3.8, 4) is 5.75 Å². The molecule has 2 aromatic carbocycles. The van der Waals surface area contributed by atoms with Gasteiger partial charge in [0.05, 0.1) is 5.69 Å². The number of fused-ring (bicyclic) bond motifs is 4. The van der Waals surface area contributed by atoms with Gasteiger partial charge in [-0.15, -0.1) is 0 Å². The van der Waals surface area contributed by atoms with Crippen LogP contribution in [-0.4, -0.2) is 41.0 Å². The molecule has 0 radical (unpaired) electrons. The standard InChI is InChI=1S/C26H25N3O4/c30-23-12-11-22(27-26(32)19-7-3-1-4-8-19)25-20-13-18(15-29(23)25)14-28(16-20)24(31)17-33-21-9-5-2-6-10-21/h1-12,18,20H,13-17H2,(H,27,32)/t18-,20-/m0/s1. The Morgan fingerprint density at radius 3 is 2.39 bits per heavy atom. The molecule has 2 amide bonds. The zero-order chi connectivity index (χ0) is 22.8. The van der Waals surface area contributed by atoms with E-state index in [0.717, 1.165) is 12.1 Å². The Morgan fingerprint density at radius 2 is 1.64 bits per heavy atom. The molecule has 0 saturated carbocycles. The first-order valence-corrected chi connectivity index (χ1v) is 11.1. The number of carbonyl (C=O) groups is 2. The summed E-state index contributed by atoms with van der Waals surface area (Å²) in [5.41, 5.74) is 1.89. The van der Waals surface area contributed by atoms with Crippen molar-refractivity contribution in [3.63, 3.8) is 0 Å². The first-order chi connectivity index (χ1) is 16.1. The Morgan fingerprint density at radius 1 is 0.909 bits per heavy atom. The second-order valence-corrected chi connectivity index (χ2v) is 8.60. The number of rotatable bonds is 5. The lowest BCUT2D eigenvalue weighted by molar-refractivity contribution is -0.136. The van der Waals surface area contributed by atoms with E-state index in [9.17, 15) is 14.4 Å². The second-order valence-electron chi connectivity index (χ2n) is 8.60. The summed E-state index contributed by atoms with van der Waals surface area (Å²) in [5, 5.41) is 2.98. The average molecular weight is 444 g/mol. The first kappa shape index (κ1) is 21.0. The number of nitrogens with zero attached hydrogens (tertiary/aromatic N) is 2. The van der Waals surface area contributed by atoms with E-state index in [4.69, 9.17) is 4.74 Å². The van der Waals surface area contributed by atoms with Gasteiger partial charge in [0.2, 0.25) is 0 Å². The van der Waals surface area contributed by atoms with Gasteiger partial charge in [0.25, 0.3) is 17.4 Å². The molecule has 1 aromatic heterocycles. The van der Waals surface area contributed by atoms with Crippen LogP contribution >= 0.6 is 0 Å². The van der Waals surface area contributed by atoms with Gasteiger partial charge in [0, 0.05) is 42.9 Å². The molecule has 0 aliphatic carbocycles. The Bertz CT molecular complexity index is 1220. The van der Waals surface area contributed by atoms with Gasteiger partial charge in [-0.1, -0.05) is 36.4 Å². The zero-order valence-electron chi connectivity index (χ0n) is 18.1. The Hall–Kier alpha value is -3.87. The minimum absolute atomic E-state index is 0.0251. The number of piperidine rings is 1. The van der Waals surface area contributed by atoms with Gasteiger partial charge < -0.3 is 19.5 Å². The Kier molecular flexibility index (Phi) is 5.69. The molecule has 33 heavy (non-hydrogen) atoms. The molecule has 0 spiro atoms. The molecule has 0 unspecified atom stereocenters. The molecule has 5 rings (SSSR count). The van der Waals surface area contributed by atoms with Crippen molar-refractivity contribution in [2.45, 2.75) is 18.9 Å². The Labute approximate surface area is 191 Å². The van der Waals surface area contributed by atoms with E-state index < -0.39 is 0 Å². The highest BCUT2D eigenvalue weighted by Gasteiger charge is 2.38. The molecule has 7 nitrogen and oxygen atoms in total. The quantitative estimate of drug-likeness (QED) is 0.657. The summed E-state index contributed by atoms with van der Waals surface area (Å²) in [6, 6.07) is 21.4. The summed E-state index contributed by atoms with van der Waals surface area (Å²) in [5.74, 6) is 0.521. The fourth-order valence-electron chi connectivity index (χ4n) is 4.86. The SMILES string of the molecule is O=C(Nc1ccc(=O)n2c1[C@H]1C[C@@H](CN(C(=O)COc3ccccc3)C1)C2)c1ccccc1. The lowest BCUT2D eigenvalue weighted by Gasteiger charge is -2.43. The fraction of sp³-hybridized carbons (Fsp3) is 0.269. The minimum atomic E-state index is -0.223. The second kappa shape index (κ2) is 8.94. The van der Waals surface area contributed by atoms with Crippen LogP contribution in [-0.2, 0) is 11.3 Å². The number of carbonyl (C=O) groups excluding carboxylic acids is 2. The number of anilines is 1. The molecule has 2 aliphatic rings.